The third kappa shape index (κ3) is 3.09. The minimum absolute atomic E-state index is 0.0415. The van der Waals surface area contributed by atoms with Gasteiger partial charge in [-0.1, -0.05) is 74.5 Å². The molecule has 1 aliphatic carbocycles. The lowest BCUT2D eigenvalue weighted by Gasteiger charge is -2.21. The number of hydrogen-bond acceptors (Lipinski definition) is 3. The lowest BCUT2D eigenvalue weighted by atomic mass is 9.82. The Kier molecular flexibility index (Phi) is 4.49. The monoisotopic (exact) mass is 566 g/mol. The first-order valence-corrected chi connectivity index (χ1v) is 15.0. The summed E-state index contributed by atoms with van der Waals surface area (Å²) < 4.78 is 14.8. The van der Waals surface area contributed by atoms with E-state index in [1.165, 1.54) is 44.1 Å². The largest absolute Gasteiger partial charge is 0.456 e. The summed E-state index contributed by atoms with van der Waals surface area (Å²) in [7, 11) is 0. The van der Waals surface area contributed by atoms with Crippen LogP contribution in [0.5, 0.6) is 0 Å². The zero-order valence-corrected chi connectivity index (χ0v) is 24.3. The minimum Gasteiger partial charge on any atom is -0.456 e. The number of fused-ring (bicyclic) bond motifs is 10. The van der Waals surface area contributed by atoms with E-state index in [0.29, 0.717) is 5.89 Å². The van der Waals surface area contributed by atoms with Crippen molar-refractivity contribution in [3.8, 4) is 28.3 Å². The highest BCUT2D eigenvalue weighted by Gasteiger charge is 2.36. The minimum atomic E-state index is -0.0415. The Morgan fingerprint density at radius 3 is 2.20 bits per heavy atom. The van der Waals surface area contributed by atoms with E-state index in [9.17, 15) is 0 Å². The summed E-state index contributed by atoms with van der Waals surface area (Å²) in [6, 6.07) is 43.0. The van der Waals surface area contributed by atoms with Crippen LogP contribution < -0.4 is 0 Å². The fraction of sp³-hybridized carbons (Fsp3) is 0.0750. The maximum atomic E-state index is 6.30. The Balaban J connectivity index is 1.12. The molecule has 0 fully saturated rings. The van der Waals surface area contributed by atoms with Crippen LogP contribution in [0.3, 0.4) is 0 Å². The molecule has 3 aromatic heterocycles. The predicted molar refractivity (Wildman–Crippen MR) is 179 cm³/mol. The SMILES string of the molecule is CC1(C)c2ccccc2-c2cc3c(cc21)c1ccccc1n3-c1ccc(-c2nc3cc4oc5ccccc5c4cc3o2)cc1. The van der Waals surface area contributed by atoms with Gasteiger partial charge >= 0.3 is 0 Å². The first kappa shape index (κ1) is 23.9. The van der Waals surface area contributed by atoms with Gasteiger partial charge in [-0.2, -0.15) is 0 Å². The Hall–Kier alpha value is -5.61. The van der Waals surface area contributed by atoms with E-state index in [0.717, 1.165) is 44.3 Å². The molecule has 0 N–H and O–H groups in total. The van der Waals surface area contributed by atoms with Gasteiger partial charge in [0.05, 0.1) is 11.0 Å². The van der Waals surface area contributed by atoms with Gasteiger partial charge in [0.15, 0.2) is 5.58 Å². The van der Waals surface area contributed by atoms with Gasteiger partial charge in [0, 0.05) is 44.3 Å². The van der Waals surface area contributed by atoms with Crippen molar-refractivity contribution >= 4 is 54.8 Å². The standard InChI is InChI=1S/C40H26N2O2/c1-40(2)31-12-6-3-9-25(31)28-20-35-29(19-32(28)40)26-10-4-7-13-34(26)42(35)24-17-15-23(16-18-24)39-41-33-22-37-30(21-38(33)44-39)27-11-5-8-14-36(27)43-37/h3-22H,1-2H3. The highest BCUT2D eigenvalue weighted by Crippen LogP contribution is 2.51. The predicted octanol–water partition coefficient (Wildman–Crippen LogP) is 10.8. The Morgan fingerprint density at radius 1 is 0.545 bits per heavy atom. The van der Waals surface area contributed by atoms with Crippen molar-refractivity contribution in [3.05, 3.63) is 132 Å². The average Bonchev–Trinajstić information content (AvgIpc) is 3.78. The maximum Gasteiger partial charge on any atom is 0.227 e. The van der Waals surface area contributed by atoms with Gasteiger partial charge in [-0.3, -0.25) is 0 Å². The quantitative estimate of drug-likeness (QED) is 0.209. The van der Waals surface area contributed by atoms with Crippen LogP contribution in [0.2, 0.25) is 0 Å². The van der Waals surface area contributed by atoms with E-state index in [2.05, 4.69) is 109 Å². The van der Waals surface area contributed by atoms with Gasteiger partial charge in [-0.25, -0.2) is 4.98 Å². The lowest BCUT2D eigenvalue weighted by Crippen LogP contribution is -2.14. The molecule has 0 radical (unpaired) electrons. The van der Waals surface area contributed by atoms with E-state index in [-0.39, 0.29) is 5.41 Å². The number of aromatic nitrogens is 2. The molecule has 0 aliphatic heterocycles. The van der Waals surface area contributed by atoms with Crippen molar-refractivity contribution in [2.45, 2.75) is 19.3 Å². The van der Waals surface area contributed by atoms with Crippen LogP contribution >= 0.6 is 0 Å². The molecule has 0 amide bonds. The topological polar surface area (TPSA) is 44.1 Å². The van der Waals surface area contributed by atoms with E-state index < -0.39 is 0 Å². The number of nitrogens with zero attached hydrogens (tertiary/aromatic N) is 2. The fourth-order valence-corrected chi connectivity index (χ4v) is 7.46. The van der Waals surface area contributed by atoms with E-state index in [4.69, 9.17) is 13.8 Å². The molecular formula is C40H26N2O2. The van der Waals surface area contributed by atoms with E-state index in [1.54, 1.807) is 0 Å². The van der Waals surface area contributed by atoms with Gasteiger partial charge in [0.2, 0.25) is 5.89 Å². The molecular weight excluding hydrogens is 540 g/mol. The summed E-state index contributed by atoms with van der Waals surface area (Å²) >= 11 is 0. The van der Waals surface area contributed by atoms with Crippen LogP contribution in [0.4, 0.5) is 0 Å². The number of hydrogen-bond donors (Lipinski definition) is 0. The molecule has 3 heterocycles. The van der Waals surface area contributed by atoms with Crippen molar-refractivity contribution in [2.75, 3.05) is 0 Å². The molecule has 4 nitrogen and oxygen atoms in total. The molecule has 208 valence electrons. The molecule has 0 saturated heterocycles. The molecule has 1 aliphatic rings. The second-order valence-corrected chi connectivity index (χ2v) is 12.4. The van der Waals surface area contributed by atoms with Crippen molar-refractivity contribution in [3.63, 3.8) is 0 Å². The normalized spacial score (nSPS) is 13.9. The van der Waals surface area contributed by atoms with Crippen molar-refractivity contribution in [1.82, 2.24) is 9.55 Å². The Labute approximate surface area is 252 Å². The van der Waals surface area contributed by atoms with Crippen LogP contribution in [0.15, 0.2) is 130 Å². The molecule has 0 saturated carbocycles. The number of oxazole rings is 1. The number of furan rings is 1. The van der Waals surface area contributed by atoms with E-state index >= 15 is 0 Å². The summed E-state index contributed by atoms with van der Waals surface area (Å²) in [4.78, 5) is 4.84. The number of rotatable bonds is 2. The molecule has 44 heavy (non-hydrogen) atoms. The molecule has 4 heteroatoms. The Bertz CT molecular complexity index is 2630. The van der Waals surface area contributed by atoms with Crippen LogP contribution in [0, 0.1) is 0 Å². The first-order valence-electron chi connectivity index (χ1n) is 15.0. The highest BCUT2D eigenvalue weighted by molar-refractivity contribution is 6.12. The third-order valence-electron chi connectivity index (χ3n) is 9.64. The second-order valence-electron chi connectivity index (χ2n) is 12.4. The second kappa shape index (κ2) is 8.27. The van der Waals surface area contributed by atoms with Crippen molar-refractivity contribution in [1.29, 1.82) is 0 Å². The Morgan fingerprint density at radius 2 is 1.32 bits per heavy atom. The summed E-state index contributed by atoms with van der Waals surface area (Å²) in [5.41, 5.74) is 13.1. The summed E-state index contributed by atoms with van der Waals surface area (Å²) in [5.74, 6) is 0.599. The molecule has 0 unspecified atom stereocenters. The maximum absolute atomic E-state index is 6.30. The van der Waals surface area contributed by atoms with Crippen LogP contribution in [-0.4, -0.2) is 9.55 Å². The van der Waals surface area contributed by atoms with Crippen molar-refractivity contribution in [2.24, 2.45) is 0 Å². The van der Waals surface area contributed by atoms with Gasteiger partial charge < -0.3 is 13.4 Å². The zero-order valence-electron chi connectivity index (χ0n) is 24.3. The molecule has 0 spiro atoms. The van der Waals surface area contributed by atoms with Crippen LogP contribution in [0.1, 0.15) is 25.0 Å². The molecule has 0 bridgehead atoms. The molecule has 9 aromatic rings. The van der Waals surface area contributed by atoms with Gasteiger partial charge in [0.1, 0.15) is 16.7 Å². The highest BCUT2D eigenvalue weighted by atomic mass is 16.4. The smallest absolute Gasteiger partial charge is 0.227 e. The summed E-state index contributed by atoms with van der Waals surface area (Å²) in [5, 5.41) is 4.66. The van der Waals surface area contributed by atoms with Crippen LogP contribution in [-0.2, 0) is 5.41 Å². The lowest BCUT2D eigenvalue weighted by molar-refractivity contribution is 0.620. The van der Waals surface area contributed by atoms with Gasteiger partial charge in [-0.15, -0.1) is 0 Å². The molecule has 6 aromatic carbocycles. The third-order valence-corrected chi connectivity index (χ3v) is 9.64. The number of para-hydroxylation sites is 2. The zero-order chi connectivity index (χ0) is 29.2. The molecule has 0 atom stereocenters. The van der Waals surface area contributed by atoms with Gasteiger partial charge in [-0.05, 0) is 76.9 Å². The van der Waals surface area contributed by atoms with Crippen LogP contribution in [0.25, 0.3) is 83.1 Å². The first-order chi connectivity index (χ1) is 21.5. The molecule has 10 rings (SSSR count). The summed E-state index contributed by atoms with van der Waals surface area (Å²) in [6.07, 6.45) is 0. The van der Waals surface area contributed by atoms with Crippen molar-refractivity contribution < 1.29 is 8.83 Å². The summed E-state index contributed by atoms with van der Waals surface area (Å²) in [6.45, 7) is 4.68. The van der Waals surface area contributed by atoms with E-state index in [1.807, 2.05) is 30.3 Å². The van der Waals surface area contributed by atoms with Gasteiger partial charge in [0.25, 0.3) is 0 Å². The number of benzene rings is 6. The average molecular weight is 567 g/mol. The fourth-order valence-electron chi connectivity index (χ4n) is 7.46.